The third-order valence-electron chi connectivity index (χ3n) is 4.02. The standard InChI is InChI=1S/C15H21NO4S/c1-11-3-4-13(7-12(11)2)9-16-5-6-21(19,20)10-14(16)8-15(17)18/h3-4,7,14H,5-6,8-10H2,1-2H3,(H,17,18). The van der Waals surface area contributed by atoms with Crippen LogP contribution in [0.2, 0.25) is 0 Å². The molecule has 1 N–H and O–H groups in total. The normalized spacial score (nSPS) is 22.1. The molecule has 1 atom stereocenters. The van der Waals surface area contributed by atoms with Gasteiger partial charge in [0.15, 0.2) is 9.84 Å². The van der Waals surface area contributed by atoms with Gasteiger partial charge in [-0.2, -0.15) is 0 Å². The molecule has 1 aliphatic heterocycles. The molecular formula is C15H21NO4S. The van der Waals surface area contributed by atoms with Gasteiger partial charge in [0.2, 0.25) is 0 Å². The van der Waals surface area contributed by atoms with E-state index in [-0.39, 0.29) is 17.9 Å². The van der Waals surface area contributed by atoms with Crippen LogP contribution in [0.1, 0.15) is 23.1 Å². The quantitative estimate of drug-likeness (QED) is 0.909. The molecule has 0 saturated carbocycles. The van der Waals surface area contributed by atoms with Gasteiger partial charge in [-0.1, -0.05) is 18.2 Å². The first-order valence-corrected chi connectivity index (χ1v) is 8.81. The number of sulfone groups is 1. The Morgan fingerprint density at radius 1 is 1.33 bits per heavy atom. The Morgan fingerprint density at radius 3 is 2.67 bits per heavy atom. The average Bonchev–Trinajstić information content (AvgIpc) is 2.36. The molecule has 0 bridgehead atoms. The Bertz CT molecular complexity index is 639. The highest BCUT2D eigenvalue weighted by Gasteiger charge is 2.32. The molecule has 1 fully saturated rings. The average molecular weight is 311 g/mol. The summed E-state index contributed by atoms with van der Waals surface area (Å²) in [6.45, 7) is 5.07. The molecule has 0 amide bonds. The molecule has 1 aromatic carbocycles. The van der Waals surface area contributed by atoms with Gasteiger partial charge >= 0.3 is 5.97 Å². The lowest BCUT2D eigenvalue weighted by Gasteiger charge is -2.34. The number of aliphatic carboxylic acids is 1. The number of benzene rings is 1. The van der Waals surface area contributed by atoms with Crippen molar-refractivity contribution in [2.45, 2.75) is 32.9 Å². The highest BCUT2D eigenvalue weighted by atomic mass is 32.2. The fourth-order valence-electron chi connectivity index (χ4n) is 2.65. The molecule has 2 rings (SSSR count). The van der Waals surface area contributed by atoms with E-state index in [9.17, 15) is 13.2 Å². The lowest BCUT2D eigenvalue weighted by Crippen LogP contribution is -2.48. The van der Waals surface area contributed by atoms with Crippen molar-refractivity contribution in [2.24, 2.45) is 0 Å². The van der Waals surface area contributed by atoms with Crippen LogP contribution >= 0.6 is 0 Å². The summed E-state index contributed by atoms with van der Waals surface area (Å²) in [5.41, 5.74) is 3.49. The summed E-state index contributed by atoms with van der Waals surface area (Å²) in [5, 5.41) is 8.98. The third-order valence-corrected chi connectivity index (χ3v) is 5.72. The summed E-state index contributed by atoms with van der Waals surface area (Å²) >= 11 is 0. The van der Waals surface area contributed by atoms with Crippen LogP contribution in [-0.2, 0) is 21.2 Å². The summed E-state index contributed by atoms with van der Waals surface area (Å²) in [6.07, 6.45) is -0.135. The van der Waals surface area contributed by atoms with Gasteiger partial charge in [0.1, 0.15) is 0 Å². The maximum Gasteiger partial charge on any atom is 0.304 e. The third kappa shape index (κ3) is 4.28. The molecule has 1 saturated heterocycles. The minimum absolute atomic E-state index is 0.0653. The highest BCUT2D eigenvalue weighted by Crippen LogP contribution is 2.19. The van der Waals surface area contributed by atoms with E-state index in [0.717, 1.165) is 5.56 Å². The maximum absolute atomic E-state index is 11.7. The van der Waals surface area contributed by atoms with Crippen LogP contribution in [0.5, 0.6) is 0 Å². The van der Waals surface area contributed by atoms with Crippen LogP contribution in [0.3, 0.4) is 0 Å². The number of hydrogen-bond donors (Lipinski definition) is 1. The molecule has 6 heteroatoms. The number of hydrogen-bond acceptors (Lipinski definition) is 4. The van der Waals surface area contributed by atoms with E-state index in [1.165, 1.54) is 11.1 Å². The van der Waals surface area contributed by atoms with Gasteiger partial charge in [0, 0.05) is 19.1 Å². The van der Waals surface area contributed by atoms with E-state index >= 15 is 0 Å². The molecule has 1 aliphatic rings. The summed E-state index contributed by atoms with van der Waals surface area (Å²) in [4.78, 5) is 12.9. The van der Waals surface area contributed by atoms with Crippen molar-refractivity contribution in [1.82, 2.24) is 4.90 Å². The van der Waals surface area contributed by atoms with Crippen LogP contribution in [0.25, 0.3) is 0 Å². The number of rotatable bonds is 4. The molecule has 0 radical (unpaired) electrons. The largest absolute Gasteiger partial charge is 0.481 e. The first-order valence-electron chi connectivity index (χ1n) is 6.99. The Hall–Kier alpha value is -1.40. The molecule has 116 valence electrons. The molecule has 1 unspecified atom stereocenters. The molecule has 21 heavy (non-hydrogen) atoms. The first kappa shape index (κ1) is 16.0. The molecule has 1 aromatic rings. The summed E-state index contributed by atoms with van der Waals surface area (Å²) in [6, 6.07) is 5.69. The minimum Gasteiger partial charge on any atom is -0.481 e. The fourth-order valence-corrected chi connectivity index (χ4v) is 4.25. The van der Waals surface area contributed by atoms with Gasteiger partial charge in [0.05, 0.1) is 17.9 Å². The van der Waals surface area contributed by atoms with Crippen LogP contribution in [-0.4, -0.2) is 48.5 Å². The van der Waals surface area contributed by atoms with Crippen molar-refractivity contribution in [3.8, 4) is 0 Å². The van der Waals surface area contributed by atoms with Gasteiger partial charge in [-0.15, -0.1) is 0 Å². The van der Waals surface area contributed by atoms with E-state index in [1.807, 2.05) is 30.9 Å². The second-order valence-corrected chi connectivity index (χ2v) is 7.98. The molecule has 0 aromatic heterocycles. The van der Waals surface area contributed by atoms with Crippen molar-refractivity contribution in [1.29, 1.82) is 0 Å². The SMILES string of the molecule is Cc1ccc(CN2CCS(=O)(=O)CC2CC(=O)O)cc1C. The van der Waals surface area contributed by atoms with E-state index in [4.69, 9.17) is 5.11 Å². The molecule has 0 aliphatic carbocycles. The topological polar surface area (TPSA) is 74.7 Å². The number of aryl methyl sites for hydroxylation is 2. The van der Waals surface area contributed by atoms with E-state index in [2.05, 4.69) is 6.07 Å². The van der Waals surface area contributed by atoms with Crippen molar-refractivity contribution in [3.63, 3.8) is 0 Å². The van der Waals surface area contributed by atoms with Crippen molar-refractivity contribution < 1.29 is 18.3 Å². The number of carboxylic acids is 1. The van der Waals surface area contributed by atoms with Gasteiger partial charge < -0.3 is 5.11 Å². The smallest absolute Gasteiger partial charge is 0.304 e. The summed E-state index contributed by atoms with van der Waals surface area (Å²) in [7, 11) is -3.12. The number of carbonyl (C=O) groups is 1. The van der Waals surface area contributed by atoms with Gasteiger partial charge in [-0.05, 0) is 30.5 Å². The van der Waals surface area contributed by atoms with Crippen LogP contribution in [0, 0.1) is 13.8 Å². The minimum atomic E-state index is -3.12. The number of nitrogens with zero attached hydrogens (tertiary/aromatic N) is 1. The molecular weight excluding hydrogens is 290 g/mol. The monoisotopic (exact) mass is 311 g/mol. The second kappa shape index (κ2) is 6.15. The predicted molar refractivity (Wildman–Crippen MR) is 81.0 cm³/mol. The lowest BCUT2D eigenvalue weighted by atomic mass is 10.1. The summed E-state index contributed by atoms with van der Waals surface area (Å²) < 4.78 is 23.4. The zero-order chi connectivity index (χ0) is 15.6. The van der Waals surface area contributed by atoms with E-state index in [0.29, 0.717) is 13.1 Å². The van der Waals surface area contributed by atoms with Gasteiger partial charge in [-0.3, -0.25) is 9.69 Å². The Balaban J connectivity index is 2.15. The van der Waals surface area contributed by atoms with Crippen LogP contribution < -0.4 is 0 Å². The highest BCUT2D eigenvalue weighted by molar-refractivity contribution is 7.91. The van der Waals surface area contributed by atoms with Crippen molar-refractivity contribution in [3.05, 3.63) is 34.9 Å². The van der Waals surface area contributed by atoms with Gasteiger partial charge in [-0.25, -0.2) is 8.42 Å². The van der Waals surface area contributed by atoms with E-state index < -0.39 is 21.8 Å². The molecule has 0 spiro atoms. The number of carboxylic acid groups (broad SMARTS) is 1. The zero-order valence-electron chi connectivity index (χ0n) is 12.4. The molecule has 1 heterocycles. The van der Waals surface area contributed by atoms with Crippen molar-refractivity contribution in [2.75, 3.05) is 18.1 Å². The second-order valence-electron chi connectivity index (χ2n) is 5.76. The van der Waals surface area contributed by atoms with Crippen LogP contribution in [0.4, 0.5) is 0 Å². The molecule has 5 nitrogen and oxygen atoms in total. The summed E-state index contributed by atoms with van der Waals surface area (Å²) in [5.74, 6) is -0.917. The first-order chi connectivity index (χ1) is 9.77. The Labute approximate surface area is 125 Å². The lowest BCUT2D eigenvalue weighted by molar-refractivity contribution is -0.138. The fraction of sp³-hybridized carbons (Fsp3) is 0.533. The van der Waals surface area contributed by atoms with E-state index in [1.54, 1.807) is 0 Å². The Morgan fingerprint density at radius 2 is 2.05 bits per heavy atom. The Kier molecular flexibility index (Phi) is 4.68. The maximum atomic E-state index is 11.7. The van der Waals surface area contributed by atoms with Gasteiger partial charge in [0.25, 0.3) is 0 Å². The van der Waals surface area contributed by atoms with Crippen LogP contribution in [0.15, 0.2) is 18.2 Å². The zero-order valence-corrected chi connectivity index (χ0v) is 13.2. The predicted octanol–water partition coefficient (Wildman–Crippen LogP) is 1.38. The van der Waals surface area contributed by atoms with Crippen molar-refractivity contribution >= 4 is 15.8 Å².